The molecule has 0 aliphatic rings. The van der Waals surface area contributed by atoms with E-state index in [2.05, 4.69) is 15.3 Å². The van der Waals surface area contributed by atoms with Gasteiger partial charge in [-0.2, -0.15) is 4.68 Å². The van der Waals surface area contributed by atoms with E-state index in [-0.39, 0.29) is 18.1 Å². The Bertz CT molecular complexity index is 493. The van der Waals surface area contributed by atoms with Gasteiger partial charge in [-0.25, -0.2) is 9.78 Å². The normalized spacial score (nSPS) is 10.3. The molecule has 0 unspecified atom stereocenters. The fourth-order valence-electron chi connectivity index (χ4n) is 1.10. The van der Waals surface area contributed by atoms with Crippen molar-refractivity contribution in [2.24, 2.45) is 0 Å². The van der Waals surface area contributed by atoms with E-state index >= 15 is 0 Å². The number of ether oxygens (including phenoxy) is 1. The minimum absolute atomic E-state index is 0.0112. The third-order valence-electron chi connectivity index (χ3n) is 1.77. The zero-order chi connectivity index (χ0) is 11.5. The van der Waals surface area contributed by atoms with E-state index in [1.165, 1.54) is 16.0 Å². The van der Waals surface area contributed by atoms with Crippen LogP contribution in [0.25, 0.3) is 5.13 Å². The molecule has 2 N–H and O–H groups in total. The van der Waals surface area contributed by atoms with Crippen LogP contribution in [0.5, 0.6) is 0 Å². The molecule has 0 atom stereocenters. The number of nitrogens with zero attached hydrogens (tertiary/aromatic N) is 4. The van der Waals surface area contributed by atoms with E-state index < -0.39 is 5.97 Å². The molecule has 0 aliphatic heterocycles. The van der Waals surface area contributed by atoms with Crippen molar-refractivity contribution in [1.82, 2.24) is 20.0 Å². The van der Waals surface area contributed by atoms with Crippen molar-refractivity contribution in [2.75, 3.05) is 12.3 Å². The maximum atomic E-state index is 11.4. The van der Waals surface area contributed by atoms with E-state index in [0.29, 0.717) is 5.13 Å². The van der Waals surface area contributed by atoms with Gasteiger partial charge in [0.1, 0.15) is 0 Å². The highest BCUT2D eigenvalue weighted by molar-refractivity contribution is 7.12. The number of hydrogen-bond acceptors (Lipinski definition) is 7. The van der Waals surface area contributed by atoms with Crippen molar-refractivity contribution in [3.05, 3.63) is 17.3 Å². The number of nitrogens with two attached hydrogens (primary N) is 1. The first-order chi connectivity index (χ1) is 7.74. The smallest absolute Gasteiger partial charge is 0.362 e. The van der Waals surface area contributed by atoms with E-state index in [1.54, 1.807) is 18.5 Å². The van der Waals surface area contributed by atoms with Crippen LogP contribution < -0.4 is 5.73 Å². The Labute approximate surface area is 94.9 Å². The van der Waals surface area contributed by atoms with Gasteiger partial charge in [-0.15, -0.1) is 16.4 Å². The second-order valence-corrected chi connectivity index (χ2v) is 3.64. The molecule has 2 aromatic heterocycles. The molecule has 7 nitrogen and oxygen atoms in total. The molecule has 0 saturated heterocycles. The van der Waals surface area contributed by atoms with Crippen molar-refractivity contribution in [2.45, 2.75) is 6.92 Å². The molecule has 0 bridgehead atoms. The summed E-state index contributed by atoms with van der Waals surface area (Å²) in [6, 6.07) is 0. The summed E-state index contributed by atoms with van der Waals surface area (Å²) in [6.07, 6.45) is 1.62. The van der Waals surface area contributed by atoms with Crippen LogP contribution >= 0.6 is 11.3 Å². The predicted molar refractivity (Wildman–Crippen MR) is 57.4 cm³/mol. The van der Waals surface area contributed by atoms with Crippen molar-refractivity contribution in [3.63, 3.8) is 0 Å². The van der Waals surface area contributed by atoms with E-state index in [1.807, 2.05) is 0 Å². The van der Waals surface area contributed by atoms with Crippen LogP contribution in [-0.2, 0) is 4.74 Å². The lowest BCUT2D eigenvalue weighted by molar-refractivity contribution is 0.0520. The average molecular weight is 239 g/mol. The lowest BCUT2D eigenvalue weighted by Gasteiger charge is -1.99. The number of esters is 1. The third kappa shape index (κ3) is 1.74. The maximum Gasteiger partial charge on any atom is 0.362 e. The van der Waals surface area contributed by atoms with Gasteiger partial charge in [-0.05, 0) is 6.92 Å². The fraction of sp³-hybridized carbons (Fsp3) is 0.250. The first-order valence-corrected chi connectivity index (χ1v) is 5.40. The van der Waals surface area contributed by atoms with Gasteiger partial charge < -0.3 is 10.5 Å². The lowest BCUT2D eigenvalue weighted by Crippen LogP contribution is -2.09. The average Bonchev–Trinajstić information content (AvgIpc) is 2.86. The first-order valence-electron chi connectivity index (χ1n) is 4.52. The zero-order valence-corrected chi connectivity index (χ0v) is 9.27. The van der Waals surface area contributed by atoms with Gasteiger partial charge in [0.15, 0.2) is 5.82 Å². The Morgan fingerprint density at radius 3 is 3.12 bits per heavy atom. The molecule has 0 spiro atoms. The molecule has 2 rings (SSSR count). The summed E-state index contributed by atoms with van der Waals surface area (Å²) in [6.45, 7) is 1.97. The predicted octanol–water partition coefficient (Wildman–Crippen LogP) is 0.483. The molecule has 0 amide bonds. The van der Waals surface area contributed by atoms with Crippen LogP contribution in [0.2, 0.25) is 0 Å². The number of thiazole rings is 1. The van der Waals surface area contributed by atoms with E-state index in [0.717, 1.165) is 0 Å². The number of anilines is 1. The van der Waals surface area contributed by atoms with Crippen LogP contribution in [0.15, 0.2) is 11.6 Å². The topological polar surface area (TPSA) is 95.9 Å². The monoisotopic (exact) mass is 239 g/mol. The van der Waals surface area contributed by atoms with Gasteiger partial charge >= 0.3 is 5.97 Å². The number of rotatable bonds is 3. The Kier molecular flexibility index (Phi) is 2.82. The highest BCUT2D eigenvalue weighted by Crippen LogP contribution is 2.17. The summed E-state index contributed by atoms with van der Waals surface area (Å²) in [5.74, 6) is -0.448. The molecule has 0 aromatic carbocycles. The minimum atomic E-state index is -0.581. The Hall–Kier alpha value is -1.96. The second kappa shape index (κ2) is 4.27. The highest BCUT2D eigenvalue weighted by Gasteiger charge is 2.19. The van der Waals surface area contributed by atoms with Crippen LogP contribution in [0.4, 0.5) is 5.82 Å². The largest absolute Gasteiger partial charge is 0.461 e. The number of aromatic nitrogens is 4. The van der Waals surface area contributed by atoms with Gasteiger partial charge in [-0.3, -0.25) is 0 Å². The SMILES string of the molecule is CCOC(=O)c1nnn(-c2nccs2)c1N. The zero-order valence-electron chi connectivity index (χ0n) is 8.45. The molecular weight excluding hydrogens is 230 g/mol. The molecule has 2 aromatic rings. The van der Waals surface area contributed by atoms with Crippen LogP contribution in [0, 0.1) is 0 Å². The summed E-state index contributed by atoms with van der Waals surface area (Å²) in [7, 11) is 0. The van der Waals surface area contributed by atoms with Crippen LogP contribution in [0.1, 0.15) is 17.4 Å². The highest BCUT2D eigenvalue weighted by atomic mass is 32.1. The summed E-state index contributed by atoms with van der Waals surface area (Å²) in [4.78, 5) is 15.4. The standard InChI is InChI=1S/C8H9N5O2S/c1-2-15-7(14)5-6(9)13(12-11-5)8-10-3-4-16-8/h3-4H,2,9H2,1H3. The van der Waals surface area contributed by atoms with Crippen molar-refractivity contribution in [3.8, 4) is 5.13 Å². The summed E-state index contributed by atoms with van der Waals surface area (Å²) in [5, 5.41) is 9.75. The Balaban J connectivity index is 2.35. The first kappa shape index (κ1) is 10.6. The lowest BCUT2D eigenvalue weighted by atomic mass is 10.4. The summed E-state index contributed by atoms with van der Waals surface area (Å²) in [5.41, 5.74) is 5.74. The molecule has 16 heavy (non-hydrogen) atoms. The number of carbonyl (C=O) groups excluding carboxylic acids is 1. The van der Waals surface area contributed by atoms with Crippen LogP contribution in [0.3, 0.4) is 0 Å². The van der Waals surface area contributed by atoms with Gasteiger partial charge in [-0.1, -0.05) is 5.21 Å². The van der Waals surface area contributed by atoms with E-state index in [9.17, 15) is 4.79 Å². The molecule has 0 saturated carbocycles. The van der Waals surface area contributed by atoms with Crippen molar-refractivity contribution < 1.29 is 9.53 Å². The van der Waals surface area contributed by atoms with Gasteiger partial charge in [0, 0.05) is 11.6 Å². The molecule has 2 heterocycles. The second-order valence-electron chi connectivity index (χ2n) is 2.77. The molecule has 0 radical (unpaired) electrons. The molecule has 0 aliphatic carbocycles. The Morgan fingerprint density at radius 2 is 2.50 bits per heavy atom. The Morgan fingerprint density at radius 1 is 1.69 bits per heavy atom. The third-order valence-corrected chi connectivity index (χ3v) is 2.52. The maximum absolute atomic E-state index is 11.4. The van der Waals surface area contributed by atoms with Crippen molar-refractivity contribution >= 4 is 23.1 Å². The minimum Gasteiger partial charge on any atom is -0.461 e. The molecule has 0 fully saturated rings. The number of carbonyl (C=O) groups is 1. The van der Waals surface area contributed by atoms with Crippen LogP contribution in [-0.4, -0.2) is 32.6 Å². The summed E-state index contributed by atoms with van der Waals surface area (Å²) >= 11 is 1.35. The quantitative estimate of drug-likeness (QED) is 0.783. The van der Waals surface area contributed by atoms with E-state index in [4.69, 9.17) is 10.5 Å². The molecule has 8 heteroatoms. The van der Waals surface area contributed by atoms with Gasteiger partial charge in [0.2, 0.25) is 10.8 Å². The van der Waals surface area contributed by atoms with Gasteiger partial charge in [0.05, 0.1) is 6.61 Å². The fourth-order valence-corrected chi connectivity index (χ4v) is 1.70. The summed E-state index contributed by atoms with van der Waals surface area (Å²) < 4.78 is 6.09. The van der Waals surface area contributed by atoms with Crippen molar-refractivity contribution in [1.29, 1.82) is 0 Å². The molecule has 84 valence electrons. The number of hydrogen-bond donors (Lipinski definition) is 1. The number of nitrogen functional groups attached to an aromatic ring is 1. The molecular formula is C8H9N5O2S. The van der Waals surface area contributed by atoms with Gasteiger partial charge in [0.25, 0.3) is 0 Å².